The second-order valence-corrected chi connectivity index (χ2v) is 6.70. The highest BCUT2D eigenvalue weighted by Crippen LogP contribution is 2.34. The van der Waals surface area contributed by atoms with E-state index in [9.17, 15) is 10.4 Å². The standard InChI is InChI=1S/C19H23N3O/c1-12-7-13(2)18-17(8-12)19(16(9-20)10-21-18)22-6-4-5-15(11-22)14(3)23/h7-8,10,14-15,23H,4-6,11H2,1-3H3. The van der Waals surface area contributed by atoms with Gasteiger partial charge in [0.05, 0.1) is 22.9 Å². The van der Waals surface area contributed by atoms with Crippen LogP contribution in [0.25, 0.3) is 10.9 Å². The number of aryl methyl sites for hydroxylation is 2. The van der Waals surface area contributed by atoms with E-state index in [1.165, 1.54) is 5.56 Å². The average Bonchev–Trinajstić information content (AvgIpc) is 2.53. The number of hydrogen-bond donors (Lipinski definition) is 1. The van der Waals surface area contributed by atoms with E-state index < -0.39 is 0 Å². The van der Waals surface area contributed by atoms with Gasteiger partial charge in [-0.1, -0.05) is 11.6 Å². The first-order chi connectivity index (χ1) is 11.0. The Kier molecular flexibility index (Phi) is 4.23. The molecule has 120 valence electrons. The number of aliphatic hydroxyl groups excluding tert-OH is 1. The second kappa shape index (κ2) is 6.17. The number of nitriles is 1. The van der Waals surface area contributed by atoms with Crippen molar-refractivity contribution >= 4 is 16.6 Å². The molecule has 0 radical (unpaired) electrons. The number of piperidine rings is 1. The maximum absolute atomic E-state index is 9.97. The van der Waals surface area contributed by atoms with Crippen LogP contribution in [0.5, 0.6) is 0 Å². The van der Waals surface area contributed by atoms with Gasteiger partial charge >= 0.3 is 0 Å². The number of benzene rings is 1. The van der Waals surface area contributed by atoms with Crippen molar-refractivity contribution in [1.82, 2.24) is 4.98 Å². The number of pyridine rings is 1. The Hall–Kier alpha value is -2.12. The molecule has 4 heteroatoms. The van der Waals surface area contributed by atoms with Crippen LogP contribution in [0.15, 0.2) is 18.3 Å². The Bertz CT molecular complexity index is 776. The van der Waals surface area contributed by atoms with Gasteiger partial charge in [-0.25, -0.2) is 0 Å². The molecular weight excluding hydrogens is 286 g/mol. The summed E-state index contributed by atoms with van der Waals surface area (Å²) in [5.74, 6) is 0.254. The van der Waals surface area contributed by atoms with Gasteiger partial charge in [0.15, 0.2) is 0 Å². The third-order valence-corrected chi connectivity index (χ3v) is 4.85. The molecule has 1 N–H and O–H groups in total. The lowest BCUT2D eigenvalue weighted by Crippen LogP contribution is -2.40. The first kappa shape index (κ1) is 15.8. The molecule has 0 amide bonds. The summed E-state index contributed by atoms with van der Waals surface area (Å²) in [5.41, 5.74) is 4.87. The van der Waals surface area contributed by atoms with Crippen LogP contribution in [0, 0.1) is 31.1 Å². The minimum Gasteiger partial charge on any atom is -0.393 e. The van der Waals surface area contributed by atoms with E-state index in [2.05, 4.69) is 41.9 Å². The zero-order chi connectivity index (χ0) is 16.6. The van der Waals surface area contributed by atoms with Gasteiger partial charge in [0, 0.05) is 30.6 Å². The predicted octanol–water partition coefficient (Wildman–Crippen LogP) is 3.32. The SMILES string of the molecule is Cc1cc(C)c2ncc(C#N)c(N3CCCC(C(C)O)C3)c2c1. The van der Waals surface area contributed by atoms with Crippen molar-refractivity contribution < 1.29 is 5.11 Å². The number of rotatable bonds is 2. The summed E-state index contributed by atoms with van der Waals surface area (Å²) in [6, 6.07) is 6.55. The number of aliphatic hydroxyl groups is 1. The summed E-state index contributed by atoms with van der Waals surface area (Å²) in [4.78, 5) is 6.77. The molecule has 1 aromatic carbocycles. The highest BCUT2D eigenvalue weighted by Gasteiger charge is 2.26. The average molecular weight is 309 g/mol. The molecule has 1 saturated heterocycles. The fourth-order valence-electron chi connectivity index (χ4n) is 3.68. The van der Waals surface area contributed by atoms with Gasteiger partial charge in [0.25, 0.3) is 0 Å². The molecule has 0 spiro atoms. The molecule has 2 heterocycles. The predicted molar refractivity (Wildman–Crippen MR) is 92.5 cm³/mol. The van der Waals surface area contributed by atoms with Crippen LogP contribution in [0.1, 0.15) is 36.5 Å². The number of fused-ring (bicyclic) bond motifs is 1. The molecule has 3 rings (SSSR count). The molecule has 1 fully saturated rings. The summed E-state index contributed by atoms with van der Waals surface area (Å²) in [6.07, 6.45) is 3.44. The summed E-state index contributed by atoms with van der Waals surface area (Å²) in [5, 5.41) is 20.6. The fourth-order valence-corrected chi connectivity index (χ4v) is 3.68. The van der Waals surface area contributed by atoms with Crippen LogP contribution in [0.4, 0.5) is 5.69 Å². The van der Waals surface area contributed by atoms with Crippen LogP contribution < -0.4 is 4.90 Å². The van der Waals surface area contributed by atoms with E-state index in [-0.39, 0.29) is 12.0 Å². The van der Waals surface area contributed by atoms with Gasteiger partial charge in [0.1, 0.15) is 6.07 Å². The van der Waals surface area contributed by atoms with Crippen LogP contribution in [-0.2, 0) is 0 Å². The maximum atomic E-state index is 9.97. The number of hydrogen-bond acceptors (Lipinski definition) is 4. The Morgan fingerprint density at radius 2 is 2.17 bits per heavy atom. The van der Waals surface area contributed by atoms with E-state index in [1.54, 1.807) is 6.20 Å². The largest absolute Gasteiger partial charge is 0.393 e. The van der Waals surface area contributed by atoms with Crippen molar-refractivity contribution in [3.63, 3.8) is 0 Å². The van der Waals surface area contributed by atoms with Gasteiger partial charge in [-0.15, -0.1) is 0 Å². The zero-order valence-corrected chi connectivity index (χ0v) is 14.0. The van der Waals surface area contributed by atoms with E-state index in [0.717, 1.165) is 48.1 Å². The minimum absolute atomic E-state index is 0.254. The second-order valence-electron chi connectivity index (χ2n) is 6.70. The van der Waals surface area contributed by atoms with E-state index >= 15 is 0 Å². The monoisotopic (exact) mass is 309 g/mol. The topological polar surface area (TPSA) is 60.2 Å². The molecule has 0 aliphatic carbocycles. The van der Waals surface area contributed by atoms with Gasteiger partial charge in [-0.3, -0.25) is 4.98 Å². The molecule has 1 aromatic heterocycles. The highest BCUT2D eigenvalue weighted by molar-refractivity contribution is 5.96. The summed E-state index contributed by atoms with van der Waals surface area (Å²) in [7, 11) is 0. The van der Waals surface area contributed by atoms with Crippen LogP contribution in [-0.4, -0.2) is 29.3 Å². The molecule has 0 saturated carbocycles. The Labute approximate surface area is 137 Å². The lowest BCUT2D eigenvalue weighted by Gasteiger charge is -2.36. The van der Waals surface area contributed by atoms with E-state index in [0.29, 0.717) is 5.56 Å². The number of anilines is 1. The van der Waals surface area contributed by atoms with Crippen LogP contribution in [0.3, 0.4) is 0 Å². The van der Waals surface area contributed by atoms with Crippen molar-refractivity contribution in [3.05, 3.63) is 35.0 Å². The molecule has 2 atom stereocenters. The van der Waals surface area contributed by atoms with Crippen molar-refractivity contribution in [2.45, 2.75) is 39.7 Å². The summed E-state index contributed by atoms with van der Waals surface area (Å²) < 4.78 is 0. The molecule has 1 aliphatic heterocycles. The van der Waals surface area contributed by atoms with Gasteiger partial charge < -0.3 is 10.0 Å². The lowest BCUT2D eigenvalue weighted by atomic mass is 9.92. The quantitative estimate of drug-likeness (QED) is 0.924. The third kappa shape index (κ3) is 2.89. The summed E-state index contributed by atoms with van der Waals surface area (Å²) >= 11 is 0. The molecule has 2 unspecified atom stereocenters. The van der Waals surface area contributed by atoms with Gasteiger partial charge in [-0.2, -0.15) is 5.26 Å². The first-order valence-corrected chi connectivity index (χ1v) is 8.24. The van der Waals surface area contributed by atoms with Crippen LogP contribution in [0.2, 0.25) is 0 Å². The fraction of sp³-hybridized carbons (Fsp3) is 0.474. The van der Waals surface area contributed by atoms with Crippen molar-refractivity contribution in [3.8, 4) is 6.07 Å². The maximum Gasteiger partial charge on any atom is 0.103 e. The van der Waals surface area contributed by atoms with Gasteiger partial charge in [0.2, 0.25) is 0 Å². The van der Waals surface area contributed by atoms with Crippen molar-refractivity contribution in [2.24, 2.45) is 5.92 Å². The van der Waals surface area contributed by atoms with Crippen molar-refractivity contribution in [1.29, 1.82) is 5.26 Å². The molecule has 23 heavy (non-hydrogen) atoms. The lowest BCUT2D eigenvalue weighted by molar-refractivity contribution is 0.115. The Morgan fingerprint density at radius 3 is 2.87 bits per heavy atom. The molecule has 1 aliphatic rings. The Balaban J connectivity index is 2.17. The Morgan fingerprint density at radius 1 is 1.39 bits per heavy atom. The number of aromatic nitrogens is 1. The molecule has 4 nitrogen and oxygen atoms in total. The van der Waals surface area contributed by atoms with Crippen molar-refractivity contribution in [2.75, 3.05) is 18.0 Å². The summed E-state index contributed by atoms with van der Waals surface area (Å²) in [6.45, 7) is 7.71. The zero-order valence-electron chi connectivity index (χ0n) is 14.0. The highest BCUT2D eigenvalue weighted by atomic mass is 16.3. The van der Waals surface area contributed by atoms with E-state index in [4.69, 9.17) is 0 Å². The normalized spacial score (nSPS) is 19.6. The van der Waals surface area contributed by atoms with Crippen LogP contribution >= 0.6 is 0 Å². The molecular formula is C19H23N3O. The third-order valence-electron chi connectivity index (χ3n) is 4.85. The number of nitrogens with zero attached hydrogens (tertiary/aromatic N) is 3. The van der Waals surface area contributed by atoms with Gasteiger partial charge in [-0.05, 0) is 45.2 Å². The minimum atomic E-state index is -0.320. The first-order valence-electron chi connectivity index (χ1n) is 8.24. The van der Waals surface area contributed by atoms with E-state index in [1.807, 2.05) is 6.92 Å². The molecule has 0 bridgehead atoms. The smallest absolute Gasteiger partial charge is 0.103 e. The molecule has 2 aromatic rings.